The monoisotopic (exact) mass is 325 g/mol. The fourth-order valence-electron chi connectivity index (χ4n) is 3.37. The van der Waals surface area contributed by atoms with E-state index in [1.165, 1.54) is 30.4 Å². The maximum absolute atomic E-state index is 12.0. The molecule has 3 heterocycles. The third-order valence-electron chi connectivity index (χ3n) is 4.60. The molecule has 0 spiro atoms. The number of aromatic nitrogens is 2. The van der Waals surface area contributed by atoms with E-state index in [9.17, 15) is 14.7 Å². The third-order valence-corrected chi connectivity index (χ3v) is 4.60. The molecule has 1 aromatic rings. The molecule has 0 bridgehead atoms. The summed E-state index contributed by atoms with van der Waals surface area (Å²) in [5.41, 5.74) is -1.04. The molecule has 2 aliphatic rings. The molecule has 0 aliphatic carbocycles. The minimum atomic E-state index is -0.828. The lowest BCUT2D eigenvalue weighted by atomic mass is 10.1. The molecule has 2 unspecified atom stereocenters. The van der Waals surface area contributed by atoms with Crippen LogP contribution in [0.2, 0.25) is 0 Å². The van der Waals surface area contributed by atoms with Crippen LogP contribution in [0.1, 0.15) is 25.5 Å². The minimum absolute atomic E-state index is 0.429. The Hall–Kier alpha value is -1.48. The fraction of sp³-hybridized carbons (Fsp3) is 0.733. The summed E-state index contributed by atoms with van der Waals surface area (Å²) in [6.07, 6.45) is 2.24. The number of hydrogen-bond acceptors (Lipinski definition) is 6. The summed E-state index contributed by atoms with van der Waals surface area (Å²) in [5, 5.41) is 10.5. The lowest BCUT2D eigenvalue weighted by Gasteiger charge is -2.29. The molecule has 2 fully saturated rings. The van der Waals surface area contributed by atoms with Crippen LogP contribution in [0.3, 0.4) is 0 Å². The van der Waals surface area contributed by atoms with E-state index in [0.29, 0.717) is 6.54 Å². The zero-order chi connectivity index (χ0) is 16.4. The summed E-state index contributed by atoms with van der Waals surface area (Å²) in [5.74, 6) is 0. The largest absolute Gasteiger partial charge is 0.387 e. The number of piperidine rings is 1. The number of nitrogens with one attached hydrogen (secondary N) is 1. The molecule has 8 heteroatoms. The van der Waals surface area contributed by atoms with Crippen molar-refractivity contribution < 1.29 is 14.6 Å². The predicted molar refractivity (Wildman–Crippen MR) is 82.3 cm³/mol. The van der Waals surface area contributed by atoms with Gasteiger partial charge < -0.3 is 19.5 Å². The first-order valence-corrected chi connectivity index (χ1v) is 8.00. The summed E-state index contributed by atoms with van der Waals surface area (Å²) >= 11 is 0. The van der Waals surface area contributed by atoms with Crippen LogP contribution in [0.4, 0.5) is 0 Å². The number of hydrogen-bond donors (Lipinski definition) is 2. The number of likely N-dealkylation sites (tertiary alicyclic amines) is 1. The molecular formula is C15H23N3O5. The van der Waals surface area contributed by atoms with Crippen molar-refractivity contribution in [2.24, 2.45) is 0 Å². The molecule has 2 N–H and O–H groups in total. The number of aliphatic hydroxyl groups excluding tert-OH is 1. The van der Waals surface area contributed by atoms with E-state index in [1.54, 1.807) is 0 Å². The van der Waals surface area contributed by atoms with Gasteiger partial charge in [-0.25, -0.2) is 4.79 Å². The normalized spacial score (nSPS) is 32.3. The highest BCUT2D eigenvalue weighted by atomic mass is 16.6. The van der Waals surface area contributed by atoms with Gasteiger partial charge in [0.1, 0.15) is 18.3 Å². The fourth-order valence-corrected chi connectivity index (χ4v) is 3.37. The van der Waals surface area contributed by atoms with Crippen LogP contribution in [-0.2, 0) is 9.47 Å². The van der Waals surface area contributed by atoms with Crippen LogP contribution in [0, 0.1) is 0 Å². The van der Waals surface area contributed by atoms with Crippen molar-refractivity contribution in [2.75, 3.05) is 26.7 Å². The zero-order valence-corrected chi connectivity index (χ0v) is 13.2. The number of methoxy groups -OCH3 is 1. The Balaban J connectivity index is 1.78. The van der Waals surface area contributed by atoms with Crippen molar-refractivity contribution in [1.82, 2.24) is 14.5 Å². The average molecular weight is 325 g/mol. The van der Waals surface area contributed by atoms with Crippen LogP contribution in [0.25, 0.3) is 0 Å². The van der Waals surface area contributed by atoms with Crippen LogP contribution in [-0.4, -0.2) is 64.6 Å². The molecule has 2 saturated heterocycles. The van der Waals surface area contributed by atoms with E-state index in [-0.39, 0.29) is 0 Å². The Kier molecular flexibility index (Phi) is 4.96. The molecule has 128 valence electrons. The lowest BCUT2D eigenvalue weighted by molar-refractivity contribution is -0.0590. The number of rotatable bonds is 4. The number of aliphatic hydroxyl groups is 1. The Morgan fingerprint density at radius 2 is 2.09 bits per heavy atom. The number of ether oxygens (including phenoxy) is 2. The maximum Gasteiger partial charge on any atom is 0.330 e. The van der Waals surface area contributed by atoms with E-state index < -0.39 is 35.8 Å². The smallest absolute Gasteiger partial charge is 0.330 e. The number of aromatic amines is 1. The molecule has 8 nitrogen and oxygen atoms in total. The summed E-state index contributed by atoms with van der Waals surface area (Å²) in [6.45, 7) is 2.59. The SMILES string of the molecule is COC1C(O)[C@@H](CN2CCCCC2)O[C@H]1n1ccc(=O)[nH]c1=O. The van der Waals surface area contributed by atoms with Crippen molar-refractivity contribution >= 4 is 0 Å². The van der Waals surface area contributed by atoms with Gasteiger partial charge in [-0.2, -0.15) is 0 Å². The van der Waals surface area contributed by atoms with Crippen LogP contribution < -0.4 is 11.2 Å². The minimum Gasteiger partial charge on any atom is -0.387 e. The van der Waals surface area contributed by atoms with Gasteiger partial charge in [0.15, 0.2) is 6.23 Å². The Labute approximate surface area is 133 Å². The standard InChI is InChI=1S/C15H23N3O5/c1-22-13-12(20)10(9-17-6-3-2-4-7-17)23-14(13)18-8-5-11(19)16-15(18)21/h5,8,10,12-14,20H,2-4,6-7,9H2,1H3,(H,16,19,21)/t10-,12?,13?,14-/m1/s1. The summed E-state index contributed by atoms with van der Waals surface area (Å²) in [7, 11) is 1.48. The molecule has 0 radical (unpaired) electrons. The second-order valence-electron chi connectivity index (χ2n) is 6.13. The molecular weight excluding hydrogens is 302 g/mol. The van der Waals surface area contributed by atoms with Gasteiger partial charge >= 0.3 is 5.69 Å². The second kappa shape index (κ2) is 6.96. The Morgan fingerprint density at radius 1 is 1.35 bits per heavy atom. The van der Waals surface area contributed by atoms with E-state index in [4.69, 9.17) is 9.47 Å². The Bertz CT molecular complexity index is 636. The van der Waals surface area contributed by atoms with Crippen molar-refractivity contribution in [1.29, 1.82) is 0 Å². The van der Waals surface area contributed by atoms with Crippen molar-refractivity contribution in [2.45, 2.75) is 43.8 Å². The summed E-state index contributed by atoms with van der Waals surface area (Å²) in [6, 6.07) is 1.25. The van der Waals surface area contributed by atoms with Gasteiger partial charge in [-0.05, 0) is 25.9 Å². The van der Waals surface area contributed by atoms with Crippen LogP contribution in [0.15, 0.2) is 21.9 Å². The van der Waals surface area contributed by atoms with Crippen LogP contribution in [0.5, 0.6) is 0 Å². The Morgan fingerprint density at radius 3 is 2.74 bits per heavy atom. The lowest BCUT2D eigenvalue weighted by Crippen LogP contribution is -2.42. The quantitative estimate of drug-likeness (QED) is 0.759. The van der Waals surface area contributed by atoms with Crippen LogP contribution >= 0.6 is 0 Å². The topological polar surface area (TPSA) is 96.8 Å². The third kappa shape index (κ3) is 3.40. The zero-order valence-electron chi connectivity index (χ0n) is 13.2. The van der Waals surface area contributed by atoms with Crippen molar-refractivity contribution in [3.05, 3.63) is 33.1 Å². The highest BCUT2D eigenvalue weighted by molar-refractivity contribution is 4.95. The maximum atomic E-state index is 12.0. The van der Waals surface area contributed by atoms with E-state index in [2.05, 4.69) is 9.88 Å². The molecule has 4 atom stereocenters. The van der Waals surface area contributed by atoms with Gasteiger partial charge in [0, 0.05) is 25.9 Å². The molecule has 0 saturated carbocycles. The average Bonchev–Trinajstić information content (AvgIpc) is 2.84. The van der Waals surface area contributed by atoms with Gasteiger partial charge in [-0.3, -0.25) is 14.3 Å². The van der Waals surface area contributed by atoms with Gasteiger partial charge in [0.25, 0.3) is 5.56 Å². The van der Waals surface area contributed by atoms with Crippen molar-refractivity contribution in [3.63, 3.8) is 0 Å². The summed E-state index contributed by atoms with van der Waals surface area (Å²) < 4.78 is 12.5. The molecule has 1 aromatic heterocycles. The van der Waals surface area contributed by atoms with Crippen molar-refractivity contribution in [3.8, 4) is 0 Å². The molecule has 0 amide bonds. The van der Waals surface area contributed by atoms with Gasteiger partial charge in [-0.15, -0.1) is 0 Å². The first kappa shape index (κ1) is 16.4. The second-order valence-corrected chi connectivity index (χ2v) is 6.13. The summed E-state index contributed by atoms with van der Waals surface area (Å²) in [4.78, 5) is 27.6. The van der Waals surface area contributed by atoms with Gasteiger partial charge in [0.05, 0.1) is 0 Å². The number of H-pyrrole nitrogens is 1. The van der Waals surface area contributed by atoms with E-state index in [0.717, 1.165) is 25.9 Å². The van der Waals surface area contributed by atoms with Gasteiger partial charge in [-0.1, -0.05) is 6.42 Å². The van der Waals surface area contributed by atoms with E-state index >= 15 is 0 Å². The first-order valence-electron chi connectivity index (χ1n) is 8.00. The molecule has 0 aromatic carbocycles. The molecule has 23 heavy (non-hydrogen) atoms. The highest BCUT2D eigenvalue weighted by Gasteiger charge is 2.45. The molecule has 3 rings (SSSR count). The number of nitrogens with zero attached hydrogens (tertiary/aromatic N) is 2. The molecule has 2 aliphatic heterocycles. The first-order chi connectivity index (χ1) is 11.1. The van der Waals surface area contributed by atoms with Gasteiger partial charge in [0.2, 0.25) is 0 Å². The van der Waals surface area contributed by atoms with E-state index in [1.807, 2.05) is 0 Å². The highest BCUT2D eigenvalue weighted by Crippen LogP contribution is 2.31. The predicted octanol–water partition coefficient (Wildman–Crippen LogP) is -0.704.